The Kier molecular flexibility index (Phi) is 7.34. The molecule has 0 amide bonds. The maximum absolute atomic E-state index is 10.6. The van der Waals surface area contributed by atoms with Crippen LogP contribution in [0.3, 0.4) is 0 Å². The van der Waals surface area contributed by atoms with E-state index < -0.39 is 30.7 Å². The van der Waals surface area contributed by atoms with Crippen molar-refractivity contribution in [3.63, 3.8) is 0 Å². The Morgan fingerprint density at radius 1 is 0.852 bits per heavy atom. The third-order valence-electron chi connectivity index (χ3n) is 4.60. The van der Waals surface area contributed by atoms with E-state index in [1.807, 2.05) is 60.7 Å². The van der Waals surface area contributed by atoms with E-state index in [0.717, 1.165) is 11.1 Å². The molecule has 6 heteroatoms. The Balaban J connectivity index is 1.73. The quantitative estimate of drug-likeness (QED) is 0.735. The van der Waals surface area contributed by atoms with Crippen molar-refractivity contribution in [1.29, 1.82) is 0 Å². The van der Waals surface area contributed by atoms with Crippen LogP contribution in [0.5, 0.6) is 0 Å². The molecule has 0 aromatic heterocycles. The summed E-state index contributed by atoms with van der Waals surface area (Å²) in [6, 6.07) is 19.4. The summed E-state index contributed by atoms with van der Waals surface area (Å²) in [6.45, 7) is 0.302. The van der Waals surface area contributed by atoms with E-state index in [4.69, 9.17) is 18.9 Å². The zero-order valence-electron chi connectivity index (χ0n) is 15.3. The van der Waals surface area contributed by atoms with Gasteiger partial charge in [-0.1, -0.05) is 60.7 Å². The Morgan fingerprint density at radius 2 is 1.37 bits per heavy atom. The number of hydrogen-bond donors (Lipinski definition) is 2. The molecular weight excluding hydrogens is 348 g/mol. The predicted octanol–water partition coefficient (Wildman–Crippen LogP) is 1.88. The molecule has 0 aliphatic carbocycles. The van der Waals surface area contributed by atoms with Gasteiger partial charge in [-0.15, -0.1) is 0 Å². The SMILES string of the molecule is CO[C@H]1OC(CO)[C@@H](O)C(OCc2ccccc2)C1OCc1ccccc1. The van der Waals surface area contributed by atoms with Crippen LogP contribution in [0.15, 0.2) is 60.7 Å². The third-order valence-corrected chi connectivity index (χ3v) is 4.60. The minimum Gasteiger partial charge on any atom is -0.394 e. The first-order chi connectivity index (χ1) is 13.2. The highest BCUT2D eigenvalue weighted by atomic mass is 16.7. The van der Waals surface area contributed by atoms with Crippen molar-refractivity contribution in [3.8, 4) is 0 Å². The molecule has 0 radical (unpaired) electrons. The summed E-state index contributed by atoms with van der Waals surface area (Å²) in [5.41, 5.74) is 1.97. The molecule has 5 atom stereocenters. The molecule has 0 saturated carbocycles. The lowest BCUT2D eigenvalue weighted by atomic mass is 9.98. The summed E-state index contributed by atoms with van der Waals surface area (Å²) in [5.74, 6) is 0. The average Bonchev–Trinajstić information content (AvgIpc) is 2.73. The van der Waals surface area contributed by atoms with Gasteiger partial charge in [0.05, 0.1) is 19.8 Å². The van der Waals surface area contributed by atoms with Gasteiger partial charge in [-0.2, -0.15) is 0 Å². The first-order valence-electron chi connectivity index (χ1n) is 9.01. The minimum atomic E-state index is -1.04. The second kappa shape index (κ2) is 9.94. The zero-order valence-corrected chi connectivity index (χ0v) is 15.3. The van der Waals surface area contributed by atoms with Crippen molar-refractivity contribution in [2.24, 2.45) is 0 Å². The van der Waals surface area contributed by atoms with Gasteiger partial charge in [0.25, 0.3) is 0 Å². The lowest BCUT2D eigenvalue weighted by Crippen LogP contribution is -2.60. The summed E-state index contributed by atoms with van der Waals surface area (Å²) in [5, 5.41) is 20.2. The average molecular weight is 374 g/mol. The maximum atomic E-state index is 10.6. The molecule has 2 aromatic carbocycles. The fraction of sp³-hybridized carbons (Fsp3) is 0.429. The minimum absolute atomic E-state index is 0.308. The van der Waals surface area contributed by atoms with Crippen LogP contribution in [0.1, 0.15) is 11.1 Å². The molecule has 3 rings (SSSR count). The molecule has 2 aromatic rings. The number of aliphatic hydroxyl groups excluding tert-OH is 2. The molecule has 2 N–H and O–H groups in total. The van der Waals surface area contributed by atoms with E-state index in [-0.39, 0.29) is 6.61 Å². The van der Waals surface area contributed by atoms with Crippen LogP contribution in [0.2, 0.25) is 0 Å². The lowest BCUT2D eigenvalue weighted by Gasteiger charge is -2.43. The van der Waals surface area contributed by atoms with Crippen LogP contribution in [0.25, 0.3) is 0 Å². The molecular formula is C21H26O6. The Morgan fingerprint density at radius 3 is 1.85 bits per heavy atom. The van der Waals surface area contributed by atoms with Gasteiger partial charge in [0.15, 0.2) is 6.29 Å². The molecule has 0 bridgehead atoms. The van der Waals surface area contributed by atoms with Gasteiger partial charge in [-0.25, -0.2) is 0 Å². The monoisotopic (exact) mass is 374 g/mol. The topological polar surface area (TPSA) is 77.4 Å². The standard InChI is InChI=1S/C21H26O6/c1-24-21-20(26-14-16-10-6-3-7-11-16)19(18(23)17(12-22)27-21)25-13-15-8-4-2-5-9-15/h2-11,17-23H,12-14H2,1H3/t17?,18-,19?,20?,21+/m1/s1. The van der Waals surface area contributed by atoms with Gasteiger partial charge in [-0.05, 0) is 11.1 Å². The van der Waals surface area contributed by atoms with Gasteiger partial charge < -0.3 is 29.2 Å². The molecule has 1 saturated heterocycles. The van der Waals surface area contributed by atoms with Crippen LogP contribution < -0.4 is 0 Å². The first kappa shape index (κ1) is 19.9. The summed E-state index contributed by atoms with van der Waals surface area (Å²) in [4.78, 5) is 0. The fourth-order valence-electron chi connectivity index (χ4n) is 3.13. The first-order valence-corrected chi connectivity index (χ1v) is 9.01. The lowest BCUT2D eigenvalue weighted by molar-refractivity contribution is -0.314. The highest BCUT2D eigenvalue weighted by molar-refractivity contribution is 5.14. The molecule has 1 aliphatic heterocycles. The van der Waals surface area contributed by atoms with E-state index in [0.29, 0.717) is 13.2 Å². The number of rotatable bonds is 8. The van der Waals surface area contributed by atoms with Crippen LogP contribution in [-0.4, -0.2) is 54.6 Å². The van der Waals surface area contributed by atoms with Crippen molar-refractivity contribution in [2.75, 3.05) is 13.7 Å². The number of aliphatic hydroxyl groups is 2. The number of benzene rings is 2. The summed E-state index contributed by atoms with van der Waals surface area (Å²) in [6.07, 6.45) is -3.94. The number of hydrogen-bond acceptors (Lipinski definition) is 6. The predicted molar refractivity (Wildman–Crippen MR) is 98.8 cm³/mol. The fourth-order valence-corrected chi connectivity index (χ4v) is 3.13. The molecule has 3 unspecified atom stereocenters. The zero-order chi connectivity index (χ0) is 19.1. The summed E-state index contributed by atoms with van der Waals surface area (Å²) in [7, 11) is 1.50. The summed E-state index contributed by atoms with van der Waals surface area (Å²) < 4.78 is 23.1. The Labute approximate surface area is 159 Å². The Hall–Kier alpha value is -1.80. The Bertz CT molecular complexity index is 665. The molecule has 0 spiro atoms. The smallest absolute Gasteiger partial charge is 0.186 e. The second-order valence-corrected chi connectivity index (χ2v) is 6.47. The molecule has 1 fully saturated rings. The van der Waals surface area contributed by atoms with Gasteiger partial charge >= 0.3 is 0 Å². The van der Waals surface area contributed by atoms with Crippen molar-refractivity contribution in [2.45, 2.75) is 43.9 Å². The van der Waals surface area contributed by atoms with Gasteiger partial charge in [-0.3, -0.25) is 0 Å². The highest BCUT2D eigenvalue weighted by Crippen LogP contribution is 2.28. The normalized spacial score (nSPS) is 28.2. The largest absolute Gasteiger partial charge is 0.394 e. The van der Waals surface area contributed by atoms with Crippen LogP contribution >= 0.6 is 0 Å². The molecule has 1 heterocycles. The highest BCUT2D eigenvalue weighted by Gasteiger charge is 2.46. The van der Waals surface area contributed by atoms with E-state index >= 15 is 0 Å². The van der Waals surface area contributed by atoms with Gasteiger partial charge in [0.1, 0.15) is 24.4 Å². The van der Waals surface area contributed by atoms with Crippen LogP contribution in [0.4, 0.5) is 0 Å². The van der Waals surface area contributed by atoms with E-state index in [1.165, 1.54) is 7.11 Å². The third kappa shape index (κ3) is 5.13. The van der Waals surface area contributed by atoms with E-state index in [2.05, 4.69) is 0 Å². The molecule has 6 nitrogen and oxygen atoms in total. The van der Waals surface area contributed by atoms with Crippen molar-refractivity contribution in [3.05, 3.63) is 71.8 Å². The summed E-state index contributed by atoms with van der Waals surface area (Å²) >= 11 is 0. The van der Waals surface area contributed by atoms with Crippen molar-refractivity contribution >= 4 is 0 Å². The van der Waals surface area contributed by atoms with E-state index in [9.17, 15) is 10.2 Å². The van der Waals surface area contributed by atoms with Gasteiger partial charge in [0, 0.05) is 7.11 Å². The molecule has 27 heavy (non-hydrogen) atoms. The van der Waals surface area contributed by atoms with Crippen LogP contribution in [0, 0.1) is 0 Å². The van der Waals surface area contributed by atoms with Crippen molar-refractivity contribution < 1.29 is 29.2 Å². The van der Waals surface area contributed by atoms with E-state index in [1.54, 1.807) is 0 Å². The molecule has 1 aliphatic rings. The second-order valence-electron chi connectivity index (χ2n) is 6.47. The number of ether oxygens (including phenoxy) is 4. The molecule has 146 valence electrons. The van der Waals surface area contributed by atoms with Crippen LogP contribution in [-0.2, 0) is 32.2 Å². The van der Waals surface area contributed by atoms with Gasteiger partial charge in [0.2, 0.25) is 0 Å². The maximum Gasteiger partial charge on any atom is 0.186 e. The number of methoxy groups -OCH3 is 1. The van der Waals surface area contributed by atoms with Crippen molar-refractivity contribution in [1.82, 2.24) is 0 Å².